The van der Waals surface area contributed by atoms with Crippen molar-refractivity contribution in [3.63, 3.8) is 0 Å². The number of aliphatic hydroxyl groups excluding tert-OH is 2. The number of rotatable bonds is 40. The highest BCUT2D eigenvalue weighted by Crippen LogP contribution is 2.16. The van der Waals surface area contributed by atoms with Gasteiger partial charge in [0.15, 0.2) is 0 Å². The molecule has 0 aliphatic heterocycles. The van der Waals surface area contributed by atoms with Crippen LogP contribution in [0.1, 0.15) is 245 Å². The van der Waals surface area contributed by atoms with Crippen LogP contribution in [0, 0.1) is 0 Å². The lowest BCUT2D eigenvalue weighted by atomic mass is 10.0. The molecule has 0 aromatic heterocycles. The molecule has 0 heterocycles. The van der Waals surface area contributed by atoms with Crippen molar-refractivity contribution in [1.82, 2.24) is 5.32 Å². The zero-order valence-electron chi connectivity index (χ0n) is 32.8. The van der Waals surface area contributed by atoms with E-state index in [1.165, 1.54) is 199 Å². The van der Waals surface area contributed by atoms with E-state index in [9.17, 15) is 15.0 Å². The minimum atomic E-state index is -0.833. The average molecular weight is 678 g/mol. The first-order valence-electron chi connectivity index (χ1n) is 21.9. The van der Waals surface area contributed by atoms with Gasteiger partial charge in [-0.3, -0.25) is 4.79 Å². The quantitative estimate of drug-likeness (QED) is 0.0446. The van der Waals surface area contributed by atoms with E-state index < -0.39 is 12.1 Å². The maximum absolute atomic E-state index is 12.4. The predicted octanol–water partition coefficient (Wildman–Crippen LogP) is 13.5. The van der Waals surface area contributed by atoms with Crippen molar-refractivity contribution in [1.29, 1.82) is 0 Å². The summed E-state index contributed by atoms with van der Waals surface area (Å²) in [6.07, 6.45) is 50.3. The van der Waals surface area contributed by atoms with Gasteiger partial charge in [0.05, 0.1) is 18.8 Å². The van der Waals surface area contributed by atoms with E-state index in [-0.39, 0.29) is 12.5 Å². The minimum absolute atomic E-state index is 0.0596. The fourth-order valence-corrected chi connectivity index (χ4v) is 6.89. The number of amides is 1. The molecule has 0 bridgehead atoms. The largest absolute Gasteiger partial charge is 0.394 e. The van der Waals surface area contributed by atoms with Crippen molar-refractivity contribution in [2.24, 2.45) is 0 Å². The molecular formula is C44H87NO3. The van der Waals surface area contributed by atoms with E-state index in [4.69, 9.17) is 0 Å². The standard InChI is InChI=1S/C44H87NO3/c1-3-5-7-9-11-13-15-17-19-20-21-22-23-24-25-26-28-30-32-34-36-38-40-44(48)45-42(41-46)43(47)39-37-35-33-31-29-27-18-16-14-12-10-8-6-4-2/h37,39,42-43,46-47H,3-36,38,40-41H2,1-2H3,(H,45,48)/b39-37+. The summed E-state index contributed by atoms with van der Waals surface area (Å²) in [7, 11) is 0. The number of hydrogen-bond donors (Lipinski definition) is 3. The Labute approximate surface area is 301 Å². The van der Waals surface area contributed by atoms with Crippen LogP contribution >= 0.6 is 0 Å². The second-order valence-corrected chi connectivity index (χ2v) is 15.1. The lowest BCUT2D eigenvalue weighted by Gasteiger charge is -2.20. The van der Waals surface area contributed by atoms with Gasteiger partial charge < -0.3 is 15.5 Å². The van der Waals surface area contributed by atoms with E-state index >= 15 is 0 Å². The van der Waals surface area contributed by atoms with Crippen molar-refractivity contribution < 1.29 is 15.0 Å². The van der Waals surface area contributed by atoms with E-state index in [1.807, 2.05) is 6.08 Å². The van der Waals surface area contributed by atoms with Crippen molar-refractivity contribution >= 4 is 5.91 Å². The second kappa shape index (κ2) is 40.6. The molecule has 1 amide bonds. The fourth-order valence-electron chi connectivity index (χ4n) is 6.89. The first kappa shape index (κ1) is 47.1. The predicted molar refractivity (Wildman–Crippen MR) is 212 cm³/mol. The Morgan fingerprint density at radius 2 is 0.771 bits per heavy atom. The van der Waals surface area contributed by atoms with Crippen LogP contribution in [0.3, 0.4) is 0 Å². The highest BCUT2D eigenvalue weighted by atomic mass is 16.3. The van der Waals surface area contributed by atoms with Crippen molar-refractivity contribution in [3.05, 3.63) is 12.2 Å². The number of nitrogens with one attached hydrogen (secondary N) is 1. The summed E-state index contributed by atoms with van der Waals surface area (Å²) in [4.78, 5) is 12.4. The average Bonchev–Trinajstić information content (AvgIpc) is 3.09. The molecule has 286 valence electrons. The molecule has 0 radical (unpaired) electrons. The molecule has 4 nitrogen and oxygen atoms in total. The Morgan fingerprint density at radius 3 is 1.08 bits per heavy atom. The highest BCUT2D eigenvalue weighted by molar-refractivity contribution is 5.76. The summed E-state index contributed by atoms with van der Waals surface area (Å²) < 4.78 is 0. The molecule has 0 aliphatic rings. The monoisotopic (exact) mass is 678 g/mol. The van der Waals surface area contributed by atoms with Gasteiger partial charge in [-0.15, -0.1) is 0 Å². The molecule has 0 spiro atoms. The lowest BCUT2D eigenvalue weighted by molar-refractivity contribution is -0.123. The molecule has 0 aromatic carbocycles. The third-order valence-electron chi connectivity index (χ3n) is 10.3. The Morgan fingerprint density at radius 1 is 0.479 bits per heavy atom. The topological polar surface area (TPSA) is 69.6 Å². The Hall–Kier alpha value is -0.870. The first-order valence-corrected chi connectivity index (χ1v) is 21.9. The van der Waals surface area contributed by atoms with Gasteiger partial charge in [0, 0.05) is 6.42 Å². The Balaban J connectivity index is 3.50. The van der Waals surface area contributed by atoms with Crippen LogP contribution in [0.2, 0.25) is 0 Å². The Bertz CT molecular complexity index is 651. The molecule has 0 saturated heterocycles. The van der Waals surface area contributed by atoms with E-state index in [1.54, 1.807) is 6.08 Å². The molecule has 4 heteroatoms. The number of hydrogen-bond acceptors (Lipinski definition) is 3. The zero-order valence-corrected chi connectivity index (χ0v) is 32.8. The molecule has 0 aromatic rings. The van der Waals surface area contributed by atoms with Crippen LogP contribution in [-0.4, -0.2) is 34.9 Å². The van der Waals surface area contributed by atoms with Gasteiger partial charge in [-0.05, 0) is 19.3 Å². The summed E-state index contributed by atoms with van der Waals surface area (Å²) in [6, 6.07) is -0.615. The van der Waals surface area contributed by atoms with Crippen LogP contribution in [-0.2, 0) is 4.79 Å². The number of unbranched alkanes of at least 4 members (excludes halogenated alkanes) is 33. The van der Waals surface area contributed by atoms with E-state index in [0.717, 1.165) is 25.7 Å². The van der Waals surface area contributed by atoms with Gasteiger partial charge >= 0.3 is 0 Å². The second-order valence-electron chi connectivity index (χ2n) is 15.1. The van der Waals surface area contributed by atoms with Crippen LogP contribution < -0.4 is 5.32 Å². The summed E-state index contributed by atoms with van der Waals surface area (Å²) >= 11 is 0. The third-order valence-corrected chi connectivity index (χ3v) is 10.3. The van der Waals surface area contributed by atoms with Crippen LogP contribution in [0.4, 0.5) is 0 Å². The minimum Gasteiger partial charge on any atom is -0.394 e. The van der Waals surface area contributed by atoms with E-state index in [0.29, 0.717) is 6.42 Å². The number of carbonyl (C=O) groups is 1. The molecule has 0 rings (SSSR count). The van der Waals surface area contributed by atoms with Gasteiger partial charge in [0.1, 0.15) is 0 Å². The molecule has 2 atom stereocenters. The fraction of sp³-hybridized carbons (Fsp3) is 0.932. The molecule has 2 unspecified atom stereocenters. The number of aliphatic hydroxyl groups is 2. The highest BCUT2D eigenvalue weighted by Gasteiger charge is 2.17. The first-order chi connectivity index (χ1) is 23.7. The normalized spacial score (nSPS) is 13.0. The molecule has 0 saturated carbocycles. The lowest BCUT2D eigenvalue weighted by Crippen LogP contribution is -2.45. The van der Waals surface area contributed by atoms with Crippen molar-refractivity contribution in [3.8, 4) is 0 Å². The maximum atomic E-state index is 12.4. The van der Waals surface area contributed by atoms with Gasteiger partial charge in [0.25, 0.3) is 0 Å². The molecule has 3 N–H and O–H groups in total. The molecule has 0 aliphatic carbocycles. The van der Waals surface area contributed by atoms with Gasteiger partial charge in [-0.25, -0.2) is 0 Å². The SMILES string of the molecule is CCCCCCCCCCCCCC/C=C/C(O)C(CO)NC(=O)CCCCCCCCCCCCCCCCCCCCCCCC. The summed E-state index contributed by atoms with van der Waals surface area (Å²) in [5, 5.41) is 23.0. The molecular weight excluding hydrogens is 590 g/mol. The summed E-state index contributed by atoms with van der Waals surface area (Å²) in [5.41, 5.74) is 0. The molecule has 0 fully saturated rings. The van der Waals surface area contributed by atoms with Crippen molar-refractivity contribution in [2.45, 2.75) is 257 Å². The van der Waals surface area contributed by atoms with Crippen molar-refractivity contribution in [2.75, 3.05) is 6.61 Å². The van der Waals surface area contributed by atoms with Crippen LogP contribution in [0.5, 0.6) is 0 Å². The van der Waals surface area contributed by atoms with Gasteiger partial charge in [-0.2, -0.15) is 0 Å². The summed E-state index contributed by atoms with van der Waals surface area (Å²) in [6.45, 7) is 4.32. The third kappa shape index (κ3) is 36.4. The molecule has 48 heavy (non-hydrogen) atoms. The zero-order chi connectivity index (χ0) is 35.0. The van der Waals surface area contributed by atoms with Gasteiger partial charge in [-0.1, -0.05) is 231 Å². The van der Waals surface area contributed by atoms with E-state index in [2.05, 4.69) is 19.2 Å². The summed E-state index contributed by atoms with van der Waals surface area (Å²) in [5.74, 6) is -0.0596. The smallest absolute Gasteiger partial charge is 0.220 e. The van der Waals surface area contributed by atoms with Gasteiger partial charge in [0.2, 0.25) is 5.91 Å². The number of allylic oxidation sites excluding steroid dienone is 1. The number of carbonyl (C=O) groups excluding carboxylic acids is 1. The van der Waals surface area contributed by atoms with Crippen LogP contribution in [0.15, 0.2) is 12.2 Å². The Kier molecular flexibility index (Phi) is 39.8. The van der Waals surface area contributed by atoms with Crippen LogP contribution in [0.25, 0.3) is 0 Å². The maximum Gasteiger partial charge on any atom is 0.220 e.